The summed E-state index contributed by atoms with van der Waals surface area (Å²) in [5, 5.41) is 17.2. The number of aliphatic carboxylic acids is 1. The minimum atomic E-state index is -0.931. The van der Waals surface area contributed by atoms with Crippen molar-refractivity contribution < 1.29 is 19.7 Å². The van der Waals surface area contributed by atoms with Gasteiger partial charge < -0.3 is 25.6 Å². The number of hydrogen-bond donors (Lipinski definition) is 3. The first-order chi connectivity index (χ1) is 10.5. The van der Waals surface area contributed by atoms with E-state index < -0.39 is 12.0 Å². The van der Waals surface area contributed by atoms with Crippen molar-refractivity contribution in [2.45, 2.75) is 26.5 Å². The van der Waals surface area contributed by atoms with Crippen LogP contribution in [0.25, 0.3) is 0 Å². The van der Waals surface area contributed by atoms with Crippen LogP contribution in [0.2, 0.25) is 0 Å². The second kappa shape index (κ2) is 9.34. The van der Waals surface area contributed by atoms with Gasteiger partial charge in [-0.15, -0.1) is 0 Å². The van der Waals surface area contributed by atoms with Crippen molar-refractivity contribution >= 4 is 11.7 Å². The third-order valence-electron chi connectivity index (χ3n) is 3.34. The SMILES string of the molecule is CC(C)[C@H](N)C(=O)O.OCc1cc(N2CCOCC2)ccn1. The second-order valence-corrected chi connectivity index (χ2v) is 5.37. The molecule has 0 aromatic carbocycles. The van der Waals surface area contributed by atoms with Gasteiger partial charge in [-0.3, -0.25) is 9.78 Å². The Morgan fingerprint density at radius 3 is 2.55 bits per heavy atom. The largest absolute Gasteiger partial charge is 0.480 e. The van der Waals surface area contributed by atoms with E-state index in [1.165, 1.54) is 0 Å². The molecule has 1 fully saturated rings. The van der Waals surface area contributed by atoms with Crippen molar-refractivity contribution in [1.82, 2.24) is 4.98 Å². The van der Waals surface area contributed by atoms with Gasteiger partial charge >= 0.3 is 5.97 Å². The summed E-state index contributed by atoms with van der Waals surface area (Å²) in [5.41, 5.74) is 6.99. The van der Waals surface area contributed by atoms with Gasteiger partial charge in [0.25, 0.3) is 0 Å². The van der Waals surface area contributed by atoms with Gasteiger partial charge in [0, 0.05) is 25.0 Å². The molecule has 0 unspecified atom stereocenters. The van der Waals surface area contributed by atoms with E-state index in [0.717, 1.165) is 32.0 Å². The van der Waals surface area contributed by atoms with E-state index in [4.69, 9.17) is 20.7 Å². The van der Waals surface area contributed by atoms with Crippen LogP contribution in [0, 0.1) is 5.92 Å². The van der Waals surface area contributed by atoms with E-state index in [1.54, 1.807) is 20.0 Å². The number of pyridine rings is 1. The molecule has 0 radical (unpaired) electrons. The van der Waals surface area contributed by atoms with Crippen molar-refractivity contribution in [3.05, 3.63) is 24.0 Å². The first-order valence-corrected chi connectivity index (χ1v) is 7.32. The molecule has 7 heteroatoms. The lowest BCUT2D eigenvalue weighted by molar-refractivity contribution is -0.139. The number of aromatic nitrogens is 1. The number of aliphatic hydroxyl groups is 1. The van der Waals surface area contributed by atoms with Gasteiger partial charge in [-0.25, -0.2) is 0 Å². The Morgan fingerprint density at radius 1 is 1.45 bits per heavy atom. The Kier molecular flexibility index (Phi) is 7.79. The molecule has 1 saturated heterocycles. The molecule has 0 saturated carbocycles. The zero-order valence-corrected chi connectivity index (χ0v) is 13.1. The van der Waals surface area contributed by atoms with Crippen LogP contribution >= 0.6 is 0 Å². The number of carbonyl (C=O) groups is 1. The van der Waals surface area contributed by atoms with Crippen LogP contribution in [0.4, 0.5) is 5.69 Å². The third-order valence-corrected chi connectivity index (χ3v) is 3.34. The molecule has 1 aliphatic rings. The molecule has 124 valence electrons. The van der Waals surface area contributed by atoms with Gasteiger partial charge in [-0.2, -0.15) is 0 Å². The van der Waals surface area contributed by atoms with Crippen molar-refractivity contribution in [1.29, 1.82) is 0 Å². The molecule has 1 atom stereocenters. The summed E-state index contributed by atoms with van der Waals surface area (Å²) in [7, 11) is 0. The fourth-order valence-electron chi connectivity index (χ4n) is 1.86. The molecule has 4 N–H and O–H groups in total. The van der Waals surface area contributed by atoms with Crippen molar-refractivity contribution in [2.24, 2.45) is 11.7 Å². The molecule has 2 rings (SSSR count). The molecule has 1 aliphatic heterocycles. The molecule has 2 heterocycles. The molecule has 0 spiro atoms. The highest BCUT2D eigenvalue weighted by Gasteiger charge is 2.14. The highest BCUT2D eigenvalue weighted by molar-refractivity contribution is 5.73. The maximum absolute atomic E-state index is 10.0. The van der Waals surface area contributed by atoms with Crippen molar-refractivity contribution in [2.75, 3.05) is 31.2 Å². The van der Waals surface area contributed by atoms with E-state index in [1.807, 2.05) is 12.1 Å². The lowest BCUT2D eigenvalue weighted by Crippen LogP contribution is -2.36. The molecule has 1 aromatic rings. The monoisotopic (exact) mass is 311 g/mol. The number of ether oxygens (including phenoxy) is 1. The number of carboxylic acids is 1. The average Bonchev–Trinajstić information content (AvgIpc) is 2.55. The lowest BCUT2D eigenvalue weighted by Gasteiger charge is -2.28. The predicted molar refractivity (Wildman–Crippen MR) is 83.6 cm³/mol. The minimum Gasteiger partial charge on any atom is -0.480 e. The lowest BCUT2D eigenvalue weighted by atomic mass is 10.1. The van der Waals surface area contributed by atoms with Crippen LogP contribution in [-0.4, -0.2) is 53.5 Å². The van der Waals surface area contributed by atoms with Gasteiger partial charge in [0.05, 0.1) is 25.5 Å². The average molecular weight is 311 g/mol. The van der Waals surface area contributed by atoms with Gasteiger partial charge in [-0.1, -0.05) is 13.8 Å². The summed E-state index contributed by atoms with van der Waals surface area (Å²) >= 11 is 0. The summed E-state index contributed by atoms with van der Waals surface area (Å²) in [6.07, 6.45) is 1.73. The normalized spacial score (nSPS) is 16.0. The highest BCUT2D eigenvalue weighted by Crippen LogP contribution is 2.15. The van der Waals surface area contributed by atoms with E-state index in [0.29, 0.717) is 5.69 Å². The summed E-state index contributed by atoms with van der Waals surface area (Å²) in [6.45, 7) is 6.92. The number of morpholine rings is 1. The van der Waals surface area contributed by atoms with Crippen LogP contribution < -0.4 is 10.6 Å². The van der Waals surface area contributed by atoms with Gasteiger partial charge in [0.1, 0.15) is 6.04 Å². The number of carboxylic acid groups (broad SMARTS) is 1. The predicted octanol–water partition coefficient (Wildman–Crippen LogP) is 0.465. The van der Waals surface area contributed by atoms with Crippen molar-refractivity contribution in [3.63, 3.8) is 0 Å². The molecule has 1 aromatic heterocycles. The van der Waals surface area contributed by atoms with Crippen LogP contribution in [0.5, 0.6) is 0 Å². The smallest absolute Gasteiger partial charge is 0.320 e. The fourth-order valence-corrected chi connectivity index (χ4v) is 1.86. The minimum absolute atomic E-state index is 0.00181. The Balaban J connectivity index is 0.000000261. The zero-order valence-electron chi connectivity index (χ0n) is 13.1. The molecule has 7 nitrogen and oxygen atoms in total. The van der Waals surface area contributed by atoms with Gasteiger partial charge in [-0.05, 0) is 18.1 Å². The molecular weight excluding hydrogens is 286 g/mol. The van der Waals surface area contributed by atoms with E-state index in [2.05, 4.69) is 9.88 Å². The molecule has 0 bridgehead atoms. The zero-order chi connectivity index (χ0) is 16.5. The number of nitrogens with zero attached hydrogens (tertiary/aromatic N) is 2. The van der Waals surface area contributed by atoms with Crippen LogP contribution in [0.3, 0.4) is 0 Å². The second-order valence-electron chi connectivity index (χ2n) is 5.37. The number of rotatable bonds is 4. The van der Waals surface area contributed by atoms with Gasteiger partial charge in [0.2, 0.25) is 0 Å². The van der Waals surface area contributed by atoms with Crippen LogP contribution in [-0.2, 0) is 16.1 Å². The van der Waals surface area contributed by atoms with E-state index in [-0.39, 0.29) is 12.5 Å². The van der Waals surface area contributed by atoms with Crippen LogP contribution in [0.15, 0.2) is 18.3 Å². The summed E-state index contributed by atoms with van der Waals surface area (Å²) in [6, 6.07) is 3.17. The van der Waals surface area contributed by atoms with Crippen molar-refractivity contribution in [3.8, 4) is 0 Å². The molecule has 0 aliphatic carbocycles. The molecule has 22 heavy (non-hydrogen) atoms. The summed E-state index contributed by atoms with van der Waals surface area (Å²) in [5.74, 6) is -0.910. The van der Waals surface area contributed by atoms with Gasteiger partial charge in [0.15, 0.2) is 0 Å². The Hall–Kier alpha value is -1.70. The number of aliphatic hydroxyl groups excluding tert-OH is 1. The van der Waals surface area contributed by atoms with E-state index >= 15 is 0 Å². The standard InChI is InChI=1S/C10H14N2O2.C5H11NO2/c13-8-9-7-10(1-2-11-9)12-3-5-14-6-4-12;1-3(2)4(6)5(7)8/h1-2,7,13H,3-6,8H2;3-4H,6H2,1-2H3,(H,7,8)/t;4-/m.0/s1. The topological polar surface area (TPSA) is 109 Å². The maximum atomic E-state index is 10.0. The fraction of sp³-hybridized carbons (Fsp3) is 0.600. The maximum Gasteiger partial charge on any atom is 0.320 e. The molecule has 0 amide bonds. The van der Waals surface area contributed by atoms with E-state index in [9.17, 15) is 4.79 Å². The Bertz CT molecular complexity index is 462. The summed E-state index contributed by atoms with van der Waals surface area (Å²) in [4.78, 5) is 16.3. The number of hydrogen-bond acceptors (Lipinski definition) is 6. The number of nitrogens with two attached hydrogens (primary N) is 1. The third kappa shape index (κ3) is 5.97. The quantitative estimate of drug-likeness (QED) is 0.741. The Labute approximate surface area is 130 Å². The highest BCUT2D eigenvalue weighted by atomic mass is 16.5. The number of anilines is 1. The summed E-state index contributed by atoms with van der Waals surface area (Å²) < 4.78 is 5.27. The Morgan fingerprint density at radius 2 is 2.09 bits per heavy atom. The first-order valence-electron chi connectivity index (χ1n) is 7.32. The van der Waals surface area contributed by atoms with Crippen LogP contribution in [0.1, 0.15) is 19.5 Å². The first kappa shape index (κ1) is 18.3. The molecular formula is C15H25N3O4.